The number of nitrogens with one attached hydrogen (secondary N) is 1. The number of hydrogen-bond donors (Lipinski definition) is 2. The molecule has 0 aromatic heterocycles. The molecular formula is C6H12N2. The number of rotatable bonds is 0. The highest BCUT2D eigenvalue weighted by Crippen LogP contribution is 2.37. The molecule has 2 aliphatic heterocycles. The molecule has 0 aromatic rings. The second kappa shape index (κ2) is 1.25. The van der Waals surface area contributed by atoms with Crippen LogP contribution >= 0.6 is 0 Å². The first-order valence-electron chi connectivity index (χ1n) is 3.28. The van der Waals surface area contributed by atoms with Crippen LogP contribution in [0.15, 0.2) is 0 Å². The molecule has 3 fully saturated rings. The number of nitrogens with two attached hydrogens (primary N) is 1. The summed E-state index contributed by atoms with van der Waals surface area (Å²) in [5.74, 6) is 0.911. The first-order valence-corrected chi connectivity index (χ1v) is 3.28. The van der Waals surface area contributed by atoms with Gasteiger partial charge in [-0.25, -0.2) is 0 Å². The maximum absolute atomic E-state index is 5.88. The molecule has 2 bridgehead atoms. The Balaban J connectivity index is 2.06. The quantitative estimate of drug-likeness (QED) is 0.451. The van der Waals surface area contributed by atoms with Gasteiger partial charge in [0.05, 0.1) is 0 Å². The van der Waals surface area contributed by atoms with Crippen molar-refractivity contribution in [2.75, 3.05) is 13.1 Å². The zero-order valence-corrected chi connectivity index (χ0v) is 4.98. The van der Waals surface area contributed by atoms with Crippen LogP contribution in [0.4, 0.5) is 0 Å². The molecule has 1 aliphatic carbocycles. The van der Waals surface area contributed by atoms with Crippen LogP contribution in [0.2, 0.25) is 0 Å². The zero-order chi connectivity index (χ0) is 5.61. The van der Waals surface area contributed by atoms with Gasteiger partial charge in [0.2, 0.25) is 0 Å². The Morgan fingerprint density at radius 1 is 1.50 bits per heavy atom. The SMILES string of the molecule is NC12CNCC(C1)C2. The molecule has 8 heavy (non-hydrogen) atoms. The van der Waals surface area contributed by atoms with Gasteiger partial charge in [-0.2, -0.15) is 0 Å². The third-order valence-electron chi connectivity index (χ3n) is 2.30. The van der Waals surface area contributed by atoms with Crippen molar-refractivity contribution in [1.29, 1.82) is 0 Å². The van der Waals surface area contributed by atoms with Gasteiger partial charge in [-0.1, -0.05) is 0 Å². The van der Waals surface area contributed by atoms with E-state index in [2.05, 4.69) is 5.32 Å². The van der Waals surface area contributed by atoms with E-state index in [9.17, 15) is 0 Å². The minimum Gasteiger partial charge on any atom is -0.324 e. The van der Waals surface area contributed by atoms with Crippen LogP contribution in [0.5, 0.6) is 0 Å². The van der Waals surface area contributed by atoms with Crippen LogP contribution in [0.1, 0.15) is 12.8 Å². The lowest BCUT2D eigenvalue weighted by atomic mass is 9.66. The van der Waals surface area contributed by atoms with E-state index in [1.807, 2.05) is 0 Å². The summed E-state index contributed by atoms with van der Waals surface area (Å²) in [5.41, 5.74) is 6.09. The minimum atomic E-state index is 0.211. The van der Waals surface area contributed by atoms with Gasteiger partial charge in [0, 0.05) is 12.1 Å². The summed E-state index contributed by atoms with van der Waals surface area (Å²) in [5, 5.41) is 3.30. The Morgan fingerprint density at radius 2 is 2.25 bits per heavy atom. The fraction of sp³-hybridized carbons (Fsp3) is 1.00. The molecule has 2 nitrogen and oxygen atoms in total. The monoisotopic (exact) mass is 112 g/mol. The zero-order valence-electron chi connectivity index (χ0n) is 4.98. The van der Waals surface area contributed by atoms with Crippen LogP contribution in [-0.2, 0) is 0 Å². The standard InChI is InChI=1S/C6H12N2/c7-6-1-5(2-6)3-8-4-6/h5,8H,1-4,7H2. The molecule has 0 unspecified atom stereocenters. The summed E-state index contributed by atoms with van der Waals surface area (Å²) in [6.07, 6.45) is 2.53. The van der Waals surface area contributed by atoms with Gasteiger partial charge in [0.25, 0.3) is 0 Å². The van der Waals surface area contributed by atoms with Gasteiger partial charge in [-0.3, -0.25) is 0 Å². The van der Waals surface area contributed by atoms with Crippen molar-refractivity contribution in [1.82, 2.24) is 5.32 Å². The number of piperidine rings is 2. The van der Waals surface area contributed by atoms with Crippen LogP contribution in [0, 0.1) is 5.92 Å². The number of hydrogen-bond acceptors (Lipinski definition) is 2. The van der Waals surface area contributed by atoms with Crippen LogP contribution in [-0.4, -0.2) is 18.6 Å². The number of fused-ring (bicyclic) bond motifs is 2. The van der Waals surface area contributed by atoms with E-state index in [1.165, 1.54) is 19.4 Å². The Labute approximate surface area is 49.4 Å². The van der Waals surface area contributed by atoms with E-state index in [-0.39, 0.29) is 5.54 Å². The van der Waals surface area contributed by atoms with E-state index in [0.29, 0.717) is 0 Å². The molecule has 0 amide bonds. The lowest BCUT2D eigenvalue weighted by molar-refractivity contribution is 0.0973. The van der Waals surface area contributed by atoms with Crippen molar-refractivity contribution in [2.45, 2.75) is 18.4 Å². The van der Waals surface area contributed by atoms with E-state index >= 15 is 0 Å². The van der Waals surface area contributed by atoms with Gasteiger partial charge in [-0.05, 0) is 25.3 Å². The topological polar surface area (TPSA) is 38.0 Å². The van der Waals surface area contributed by atoms with Gasteiger partial charge >= 0.3 is 0 Å². The molecule has 2 saturated heterocycles. The second-order valence-electron chi connectivity index (χ2n) is 3.27. The lowest BCUT2D eigenvalue weighted by Crippen LogP contribution is -2.64. The largest absolute Gasteiger partial charge is 0.324 e. The highest BCUT2D eigenvalue weighted by Gasteiger charge is 2.43. The van der Waals surface area contributed by atoms with Crippen molar-refractivity contribution in [3.05, 3.63) is 0 Å². The predicted molar refractivity (Wildman–Crippen MR) is 32.5 cm³/mol. The molecule has 0 radical (unpaired) electrons. The predicted octanol–water partition coefficient (Wildman–Crippen LogP) is -0.303. The average molecular weight is 112 g/mol. The Hall–Kier alpha value is -0.0800. The van der Waals surface area contributed by atoms with Crippen LogP contribution in [0.25, 0.3) is 0 Å². The summed E-state index contributed by atoms with van der Waals surface area (Å²) in [6.45, 7) is 2.25. The summed E-state index contributed by atoms with van der Waals surface area (Å²) >= 11 is 0. The Bertz CT molecular complexity index is 99.6. The van der Waals surface area contributed by atoms with E-state index < -0.39 is 0 Å². The normalized spacial score (nSPS) is 52.9. The van der Waals surface area contributed by atoms with Crippen molar-refractivity contribution in [3.8, 4) is 0 Å². The molecular weight excluding hydrogens is 100 g/mol. The maximum Gasteiger partial charge on any atom is 0.0287 e. The summed E-state index contributed by atoms with van der Waals surface area (Å²) in [7, 11) is 0. The molecule has 0 spiro atoms. The first-order chi connectivity index (χ1) is 3.79. The van der Waals surface area contributed by atoms with Gasteiger partial charge in [0.1, 0.15) is 0 Å². The van der Waals surface area contributed by atoms with Crippen molar-refractivity contribution >= 4 is 0 Å². The maximum atomic E-state index is 5.88. The molecule has 1 saturated carbocycles. The van der Waals surface area contributed by atoms with Gasteiger partial charge in [-0.15, -0.1) is 0 Å². The average Bonchev–Trinajstić information content (AvgIpc) is 1.63. The fourth-order valence-electron chi connectivity index (χ4n) is 1.90. The lowest BCUT2D eigenvalue weighted by Gasteiger charge is -2.50. The van der Waals surface area contributed by atoms with E-state index in [1.54, 1.807) is 0 Å². The third-order valence-corrected chi connectivity index (χ3v) is 2.30. The summed E-state index contributed by atoms with van der Waals surface area (Å²) in [6, 6.07) is 0. The highest BCUT2D eigenvalue weighted by atomic mass is 15.0. The molecule has 46 valence electrons. The van der Waals surface area contributed by atoms with E-state index in [4.69, 9.17) is 5.73 Å². The molecule has 3 N–H and O–H groups in total. The molecule has 0 aromatic carbocycles. The highest BCUT2D eigenvalue weighted by molar-refractivity contribution is 5.04. The van der Waals surface area contributed by atoms with Gasteiger partial charge < -0.3 is 11.1 Å². The third kappa shape index (κ3) is 0.501. The first kappa shape index (κ1) is 4.77. The molecule has 2 heterocycles. The van der Waals surface area contributed by atoms with E-state index in [0.717, 1.165) is 12.5 Å². The molecule has 3 rings (SSSR count). The van der Waals surface area contributed by atoms with Crippen molar-refractivity contribution in [2.24, 2.45) is 11.7 Å². The Morgan fingerprint density at radius 3 is 2.50 bits per heavy atom. The summed E-state index contributed by atoms with van der Waals surface area (Å²) in [4.78, 5) is 0. The molecule has 2 heteroatoms. The molecule has 0 atom stereocenters. The fourth-order valence-corrected chi connectivity index (χ4v) is 1.90. The smallest absolute Gasteiger partial charge is 0.0287 e. The summed E-state index contributed by atoms with van der Waals surface area (Å²) < 4.78 is 0. The van der Waals surface area contributed by atoms with Crippen molar-refractivity contribution < 1.29 is 0 Å². The molecule has 3 aliphatic rings. The van der Waals surface area contributed by atoms with Crippen LogP contribution < -0.4 is 11.1 Å². The Kier molecular flexibility index (Phi) is 0.746. The minimum absolute atomic E-state index is 0.211. The van der Waals surface area contributed by atoms with Gasteiger partial charge in [0.15, 0.2) is 0 Å². The van der Waals surface area contributed by atoms with Crippen LogP contribution in [0.3, 0.4) is 0 Å². The van der Waals surface area contributed by atoms with Crippen molar-refractivity contribution in [3.63, 3.8) is 0 Å². The second-order valence-corrected chi connectivity index (χ2v) is 3.27.